The van der Waals surface area contributed by atoms with E-state index < -0.39 is 17.8 Å². The Hall–Kier alpha value is -3.97. The van der Waals surface area contributed by atoms with Crippen LogP contribution in [0.25, 0.3) is 22.1 Å². The zero-order valence-corrected chi connectivity index (χ0v) is 18.0. The van der Waals surface area contributed by atoms with Gasteiger partial charge in [-0.2, -0.15) is 0 Å². The van der Waals surface area contributed by atoms with Crippen molar-refractivity contribution in [3.63, 3.8) is 0 Å². The van der Waals surface area contributed by atoms with Crippen LogP contribution in [-0.2, 0) is 22.5 Å². The van der Waals surface area contributed by atoms with Gasteiger partial charge in [-0.05, 0) is 42.3 Å². The van der Waals surface area contributed by atoms with Gasteiger partial charge in [0.25, 0.3) is 0 Å². The summed E-state index contributed by atoms with van der Waals surface area (Å²) >= 11 is 0. The molecule has 7 heteroatoms. The van der Waals surface area contributed by atoms with E-state index in [1.165, 1.54) is 18.4 Å². The minimum Gasteiger partial charge on any atom is -0.466 e. The first-order valence-corrected chi connectivity index (χ1v) is 10.5. The number of carbonyl (C=O) groups is 2. The van der Waals surface area contributed by atoms with Crippen molar-refractivity contribution in [2.75, 3.05) is 6.61 Å². The fourth-order valence-corrected chi connectivity index (χ4v) is 3.61. The van der Waals surface area contributed by atoms with Gasteiger partial charge in [0.1, 0.15) is 17.1 Å². The van der Waals surface area contributed by atoms with E-state index in [2.05, 4.69) is 0 Å². The standard InChI is InChI=1S/C26H22FNO5/c1-2-31-23(29)13-18-7-3-4-9-22(18)33-26(30)21-14-20(17-8-5-6-16(12-17)15-28)25-19(24(21)27)10-11-32-25/h3-12,14H,2,13,15,28H2,1H3. The maximum Gasteiger partial charge on any atom is 0.346 e. The van der Waals surface area contributed by atoms with Crippen LogP contribution in [0.5, 0.6) is 5.75 Å². The summed E-state index contributed by atoms with van der Waals surface area (Å²) in [6, 6.07) is 16.9. The molecule has 33 heavy (non-hydrogen) atoms. The molecule has 0 aliphatic carbocycles. The molecule has 0 amide bonds. The fourth-order valence-electron chi connectivity index (χ4n) is 3.61. The Labute approximate surface area is 189 Å². The lowest BCUT2D eigenvalue weighted by Gasteiger charge is -2.12. The van der Waals surface area contributed by atoms with Gasteiger partial charge in [0.2, 0.25) is 0 Å². The average Bonchev–Trinajstić information content (AvgIpc) is 3.31. The molecule has 0 saturated heterocycles. The van der Waals surface area contributed by atoms with Crippen LogP contribution in [0.1, 0.15) is 28.4 Å². The number of halogens is 1. The molecule has 0 saturated carbocycles. The molecule has 0 aliphatic rings. The van der Waals surface area contributed by atoms with Crippen molar-refractivity contribution in [3.05, 3.63) is 89.4 Å². The third-order valence-electron chi connectivity index (χ3n) is 5.18. The van der Waals surface area contributed by atoms with Crippen LogP contribution < -0.4 is 10.5 Å². The molecule has 4 rings (SSSR count). The zero-order chi connectivity index (χ0) is 23.4. The van der Waals surface area contributed by atoms with Crippen molar-refractivity contribution in [2.45, 2.75) is 19.9 Å². The van der Waals surface area contributed by atoms with Crippen LogP contribution in [0.15, 0.2) is 71.3 Å². The number of fused-ring (bicyclic) bond motifs is 1. The van der Waals surface area contributed by atoms with Crippen LogP contribution >= 0.6 is 0 Å². The van der Waals surface area contributed by atoms with Gasteiger partial charge in [-0.3, -0.25) is 4.79 Å². The van der Waals surface area contributed by atoms with Crippen LogP contribution in [0, 0.1) is 5.82 Å². The van der Waals surface area contributed by atoms with E-state index in [0.29, 0.717) is 23.3 Å². The summed E-state index contributed by atoms with van der Waals surface area (Å²) in [5, 5.41) is 0.164. The van der Waals surface area contributed by atoms with E-state index in [0.717, 1.165) is 11.1 Å². The molecule has 0 bridgehead atoms. The molecular weight excluding hydrogens is 425 g/mol. The monoisotopic (exact) mass is 447 g/mol. The summed E-state index contributed by atoms with van der Waals surface area (Å²) in [5.41, 5.74) is 8.44. The smallest absolute Gasteiger partial charge is 0.346 e. The topological polar surface area (TPSA) is 91.8 Å². The third-order valence-corrected chi connectivity index (χ3v) is 5.18. The average molecular weight is 447 g/mol. The van der Waals surface area contributed by atoms with Crippen molar-refractivity contribution < 1.29 is 27.9 Å². The second-order valence-corrected chi connectivity index (χ2v) is 7.33. The van der Waals surface area contributed by atoms with Gasteiger partial charge in [-0.15, -0.1) is 0 Å². The molecule has 1 heterocycles. The van der Waals surface area contributed by atoms with Crippen LogP contribution in [0.2, 0.25) is 0 Å². The highest BCUT2D eigenvalue weighted by atomic mass is 19.1. The van der Waals surface area contributed by atoms with E-state index in [4.69, 9.17) is 19.6 Å². The Balaban J connectivity index is 1.73. The maximum absolute atomic E-state index is 15.3. The van der Waals surface area contributed by atoms with E-state index in [1.807, 2.05) is 24.3 Å². The van der Waals surface area contributed by atoms with Crippen molar-refractivity contribution in [3.8, 4) is 16.9 Å². The highest BCUT2D eigenvalue weighted by Crippen LogP contribution is 2.34. The number of para-hydroxylation sites is 1. The number of carbonyl (C=O) groups excluding carboxylic acids is 2. The second-order valence-electron chi connectivity index (χ2n) is 7.33. The van der Waals surface area contributed by atoms with Gasteiger partial charge in [0, 0.05) is 17.7 Å². The maximum atomic E-state index is 15.3. The summed E-state index contributed by atoms with van der Waals surface area (Å²) in [4.78, 5) is 24.9. The van der Waals surface area contributed by atoms with Gasteiger partial charge in [-0.25, -0.2) is 9.18 Å². The highest BCUT2D eigenvalue weighted by molar-refractivity contribution is 6.02. The number of nitrogens with two attached hydrogens (primary N) is 1. The number of ether oxygens (including phenoxy) is 2. The molecule has 0 radical (unpaired) electrons. The molecule has 168 valence electrons. The Kier molecular flexibility index (Phi) is 6.51. The molecule has 0 unspecified atom stereocenters. The molecule has 4 aromatic rings. The van der Waals surface area contributed by atoms with Crippen LogP contribution in [0.3, 0.4) is 0 Å². The first kappa shape index (κ1) is 22.2. The van der Waals surface area contributed by atoms with E-state index >= 15 is 4.39 Å². The molecule has 2 N–H and O–H groups in total. The van der Waals surface area contributed by atoms with Gasteiger partial charge in [0.15, 0.2) is 0 Å². The quantitative estimate of drug-likeness (QED) is 0.316. The van der Waals surface area contributed by atoms with E-state index in [-0.39, 0.29) is 29.7 Å². The lowest BCUT2D eigenvalue weighted by Crippen LogP contribution is -2.14. The SMILES string of the molecule is CCOC(=O)Cc1ccccc1OC(=O)c1cc(-c2cccc(CN)c2)c2occc2c1F. The first-order valence-electron chi connectivity index (χ1n) is 10.5. The van der Waals surface area contributed by atoms with E-state index in [1.54, 1.807) is 31.2 Å². The highest BCUT2D eigenvalue weighted by Gasteiger charge is 2.23. The minimum atomic E-state index is -0.886. The lowest BCUT2D eigenvalue weighted by molar-refractivity contribution is -0.142. The van der Waals surface area contributed by atoms with Crippen molar-refractivity contribution in [1.82, 2.24) is 0 Å². The Morgan fingerprint density at radius 2 is 1.88 bits per heavy atom. The van der Waals surface area contributed by atoms with Crippen molar-refractivity contribution in [2.24, 2.45) is 5.73 Å². The zero-order valence-electron chi connectivity index (χ0n) is 18.0. The van der Waals surface area contributed by atoms with Crippen LogP contribution in [-0.4, -0.2) is 18.5 Å². The molecular formula is C26H22FNO5. The summed E-state index contributed by atoms with van der Waals surface area (Å²) in [5.74, 6) is -1.92. The van der Waals surface area contributed by atoms with Gasteiger partial charge in [-0.1, -0.05) is 36.4 Å². The van der Waals surface area contributed by atoms with Crippen LogP contribution in [0.4, 0.5) is 4.39 Å². The van der Waals surface area contributed by atoms with Gasteiger partial charge >= 0.3 is 11.9 Å². The number of furan rings is 1. The molecule has 0 spiro atoms. The molecule has 0 aliphatic heterocycles. The number of benzene rings is 3. The summed E-state index contributed by atoms with van der Waals surface area (Å²) in [6.45, 7) is 2.28. The minimum absolute atomic E-state index is 0.0718. The molecule has 1 aromatic heterocycles. The Morgan fingerprint density at radius 3 is 2.67 bits per heavy atom. The summed E-state index contributed by atoms with van der Waals surface area (Å²) in [7, 11) is 0. The predicted molar refractivity (Wildman–Crippen MR) is 121 cm³/mol. The molecule has 0 fully saturated rings. The van der Waals surface area contributed by atoms with Crippen molar-refractivity contribution >= 4 is 22.9 Å². The number of hydrogen-bond donors (Lipinski definition) is 1. The molecule has 0 atom stereocenters. The number of rotatable bonds is 7. The van der Waals surface area contributed by atoms with E-state index in [9.17, 15) is 9.59 Å². The van der Waals surface area contributed by atoms with Gasteiger partial charge in [0.05, 0.1) is 30.2 Å². The predicted octanol–water partition coefficient (Wildman–Crippen LogP) is 5.02. The number of esters is 2. The Morgan fingerprint density at radius 1 is 1.06 bits per heavy atom. The van der Waals surface area contributed by atoms with Gasteiger partial charge < -0.3 is 19.6 Å². The largest absolute Gasteiger partial charge is 0.466 e. The van der Waals surface area contributed by atoms with Crippen molar-refractivity contribution in [1.29, 1.82) is 0 Å². The molecule has 6 nitrogen and oxygen atoms in total. The first-order chi connectivity index (χ1) is 16.0. The Bertz CT molecular complexity index is 1330. The summed E-state index contributed by atoms with van der Waals surface area (Å²) < 4.78 is 31.3. The second kappa shape index (κ2) is 9.67. The fraction of sp³-hybridized carbons (Fsp3) is 0.154. The summed E-state index contributed by atoms with van der Waals surface area (Å²) in [6.07, 6.45) is 1.30. The third kappa shape index (κ3) is 4.63. The number of hydrogen-bond acceptors (Lipinski definition) is 6. The normalized spacial score (nSPS) is 10.9. The lowest BCUT2D eigenvalue weighted by atomic mass is 9.98. The molecule has 3 aromatic carbocycles.